The highest BCUT2D eigenvalue weighted by atomic mass is 79.9. The van der Waals surface area contributed by atoms with Crippen LogP contribution in [0.5, 0.6) is 0 Å². The molecule has 1 heterocycles. The van der Waals surface area contributed by atoms with E-state index in [-0.39, 0.29) is 4.83 Å². The third kappa shape index (κ3) is 2.98. The monoisotopic (exact) mass is 456 g/mol. The number of benzene rings is 1. The highest BCUT2D eigenvalue weighted by Gasteiger charge is 2.18. The van der Waals surface area contributed by atoms with Crippen molar-refractivity contribution in [3.63, 3.8) is 0 Å². The molecule has 17 heavy (non-hydrogen) atoms. The van der Waals surface area contributed by atoms with Gasteiger partial charge >= 0.3 is 0 Å². The molecule has 0 spiro atoms. The van der Waals surface area contributed by atoms with Gasteiger partial charge in [-0.2, -0.15) is 0 Å². The Morgan fingerprint density at radius 2 is 1.94 bits per heavy atom. The Balaban J connectivity index is 2.47. The van der Waals surface area contributed by atoms with Gasteiger partial charge in [0, 0.05) is 9.35 Å². The maximum absolute atomic E-state index is 6.31. The molecule has 0 saturated heterocycles. The molecule has 0 aliphatic carbocycles. The average Bonchev–Trinajstić information content (AvgIpc) is 2.61. The van der Waals surface area contributed by atoms with Gasteiger partial charge in [0.1, 0.15) is 0 Å². The van der Waals surface area contributed by atoms with E-state index in [9.17, 15) is 0 Å². The van der Waals surface area contributed by atoms with Crippen LogP contribution in [-0.4, -0.2) is 0 Å². The van der Waals surface area contributed by atoms with Crippen LogP contribution in [0.4, 0.5) is 0 Å². The number of aryl methyl sites for hydroxylation is 1. The highest BCUT2D eigenvalue weighted by Crippen LogP contribution is 2.42. The number of halogens is 4. The van der Waals surface area contributed by atoms with Gasteiger partial charge in [-0.1, -0.05) is 39.7 Å². The molecule has 2 rings (SSSR count). The minimum absolute atomic E-state index is 0.120. The van der Waals surface area contributed by atoms with Crippen LogP contribution < -0.4 is 0 Å². The molecule has 90 valence electrons. The summed E-state index contributed by atoms with van der Waals surface area (Å²) in [5, 5.41) is 0.760. The minimum Gasteiger partial charge on any atom is -0.133 e. The second-order valence-electron chi connectivity index (χ2n) is 3.57. The van der Waals surface area contributed by atoms with Crippen molar-refractivity contribution in [2.75, 3.05) is 0 Å². The van der Waals surface area contributed by atoms with Crippen molar-refractivity contribution in [3.05, 3.63) is 53.6 Å². The quantitative estimate of drug-likeness (QED) is 0.438. The Bertz CT molecular complexity index is 551. The molecule has 5 heteroatoms. The summed E-state index contributed by atoms with van der Waals surface area (Å²) in [7, 11) is 0. The fraction of sp³-hybridized carbons (Fsp3) is 0.167. The fourth-order valence-electron chi connectivity index (χ4n) is 1.59. The van der Waals surface area contributed by atoms with Crippen molar-refractivity contribution in [2.24, 2.45) is 0 Å². The lowest BCUT2D eigenvalue weighted by molar-refractivity contribution is 1.17. The van der Waals surface area contributed by atoms with Crippen LogP contribution in [0, 0.1) is 6.92 Å². The molecule has 0 saturated carbocycles. The molecule has 0 radical (unpaired) electrons. The first-order chi connectivity index (χ1) is 8.00. The van der Waals surface area contributed by atoms with E-state index in [0.717, 1.165) is 18.8 Å². The zero-order valence-electron chi connectivity index (χ0n) is 8.81. The van der Waals surface area contributed by atoms with E-state index in [1.165, 1.54) is 10.4 Å². The van der Waals surface area contributed by atoms with Crippen LogP contribution >= 0.6 is 70.7 Å². The number of hydrogen-bond acceptors (Lipinski definition) is 1. The molecular weight excluding hydrogens is 451 g/mol. The van der Waals surface area contributed by atoms with Crippen LogP contribution in [0.15, 0.2) is 32.5 Å². The number of hydrogen-bond donors (Lipinski definition) is 0. The molecule has 0 nitrogen and oxygen atoms in total. The van der Waals surface area contributed by atoms with Crippen molar-refractivity contribution >= 4 is 70.7 Å². The Morgan fingerprint density at radius 3 is 2.53 bits per heavy atom. The van der Waals surface area contributed by atoms with E-state index in [1.807, 2.05) is 18.2 Å². The molecule has 1 aromatic heterocycles. The van der Waals surface area contributed by atoms with E-state index in [4.69, 9.17) is 11.6 Å². The first-order valence-electron chi connectivity index (χ1n) is 4.84. The zero-order chi connectivity index (χ0) is 12.6. The van der Waals surface area contributed by atoms with Crippen LogP contribution in [0.3, 0.4) is 0 Å². The zero-order valence-corrected chi connectivity index (χ0v) is 15.1. The standard InChI is InChI=1S/C12H8Br3ClS/c1-6-8(5-10(14)17-6)11(15)7-3-2-4-9(13)12(7)16/h2-5,11H,1H3. The third-order valence-corrected chi connectivity index (χ3v) is 6.32. The van der Waals surface area contributed by atoms with Gasteiger partial charge < -0.3 is 0 Å². The molecular formula is C12H8Br3ClS. The van der Waals surface area contributed by atoms with Gasteiger partial charge in [-0.25, -0.2) is 0 Å². The fourth-order valence-corrected chi connectivity index (χ4v) is 5.10. The summed E-state index contributed by atoms with van der Waals surface area (Å²) in [5.74, 6) is 0. The van der Waals surface area contributed by atoms with Crippen molar-refractivity contribution in [1.29, 1.82) is 0 Å². The number of thiophene rings is 1. The van der Waals surface area contributed by atoms with Crippen LogP contribution in [-0.2, 0) is 0 Å². The highest BCUT2D eigenvalue weighted by molar-refractivity contribution is 9.11. The van der Waals surface area contributed by atoms with Crippen molar-refractivity contribution in [2.45, 2.75) is 11.8 Å². The molecule has 1 atom stereocenters. The van der Waals surface area contributed by atoms with Crippen LogP contribution in [0.2, 0.25) is 5.02 Å². The molecule has 0 aliphatic rings. The van der Waals surface area contributed by atoms with Gasteiger partial charge in [0.05, 0.1) is 13.6 Å². The van der Waals surface area contributed by atoms with E-state index in [1.54, 1.807) is 11.3 Å². The van der Waals surface area contributed by atoms with Gasteiger partial charge in [0.25, 0.3) is 0 Å². The Morgan fingerprint density at radius 1 is 1.24 bits per heavy atom. The Labute approximate surface area is 135 Å². The smallest absolute Gasteiger partial charge is 0.0704 e. The number of alkyl halides is 1. The van der Waals surface area contributed by atoms with Gasteiger partial charge in [0.2, 0.25) is 0 Å². The summed E-state index contributed by atoms with van der Waals surface area (Å²) in [6.07, 6.45) is 0. The summed E-state index contributed by atoms with van der Waals surface area (Å²) >= 11 is 18.7. The summed E-state index contributed by atoms with van der Waals surface area (Å²) in [5.41, 5.74) is 2.33. The molecule has 0 N–H and O–H groups in total. The third-order valence-electron chi connectivity index (χ3n) is 2.45. The van der Waals surface area contributed by atoms with Gasteiger partial charge in [0.15, 0.2) is 0 Å². The predicted octanol–water partition coefficient (Wildman–Crippen LogP) is 6.72. The first-order valence-corrected chi connectivity index (χ1v) is 8.54. The van der Waals surface area contributed by atoms with Crippen molar-refractivity contribution in [3.8, 4) is 0 Å². The minimum atomic E-state index is 0.120. The lowest BCUT2D eigenvalue weighted by Gasteiger charge is -2.12. The van der Waals surface area contributed by atoms with Crippen LogP contribution in [0.1, 0.15) is 20.8 Å². The van der Waals surface area contributed by atoms with E-state index in [2.05, 4.69) is 60.8 Å². The second kappa shape index (κ2) is 5.74. The summed E-state index contributed by atoms with van der Waals surface area (Å²) < 4.78 is 2.06. The summed E-state index contributed by atoms with van der Waals surface area (Å²) in [6.45, 7) is 2.12. The Kier molecular flexibility index (Phi) is 4.75. The molecule has 1 aromatic carbocycles. The largest absolute Gasteiger partial charge is 0.133 e. The Hall–Kier alpha value is 0.650. The summed E-state index contributed by atoms with van der Waals surface area (Å²) in [4.78, 5) is 1.41. The molecule has 0 fully saturated rings. The summed E-state index contributed by atoms with van der Waals surface area (Å²) in [6, 6.07) is 8.12. The maximum Gasteiger partial charge on any atom is 0.0704 e. The average molecular weight is 459 g/mol. The number of rotatable bonds is 2. The molecule has 1 unspecified atom stereocenters. The van der Waals surface area contributed by atoms with E-state index >= 15 is 0 Å². The molecule has 2 aromatic rings. The first kappa shape index (κ1) is 14.1. The lowest BCUT2D eigenvalue weighted by Crippen LogP contribution is -1.94. The maximum atomic E-state index is 6.31. The van der Waals surface area contributed by atoms with Crippen molar-refractivity contribution < 1.29 is 0 Å². The molecule has 0 bridgehead atoms. The van der Waals surface area contributed by atoms with E-state index < -0.39 is 0 Å². The van der Waals surface area contributed by atoms with Gasteiger partial charge in [-0.15, -0.1) is 11.3 Å². The normalized spacial score (nSPS) is 12.8. The van der Waals surface area contributed by atoms with Gasteiger partial charge in [-0.05, 0) is 62.0 Å². The topological polar surface area (TPSA) is 0 Å². The second-order valence-corrected chi connectivity index (χ2v) is 8.35. The van der Waals surface area contributed by atoms with Crippen LogP contribution in [0.25, 0.3) is 0 Å². The van der Waals surface area contributed by atoms with Crippen molar-refractivity contribution in [1.82, 2.24) is 0 Å². The van der Waals surface area contributed by atoms with Gasteiger partial charge in [-0.3, -0.25) is 0 Å². The predicted molar refractivity (Wildman–Crippen MR) is 86.7 cm³/mol. The molecule has 0 aliphatic heterocycles. The molecule has 0 amide bonds. The SMILES string of the molecule is Cc1sc(Br)cc1C(Br)c1cccc(Br)c1Cl. The van der Waals surface area contributed by atoms with E-state index in [0.29, 0.717) is 0 Å². The lowest BCUT2D eigenvalue weighted by atomic mass is 10.1.